The molecule has 1 aromatic heterocycles. The van der Waals surface area contributed by atoms with E-state index in [1.54, 1.807) is 36.4 Å². The van der Waals surface area contributed by atoms with Gasteiger partial charge in [-0.2, -0.15) is 0 Å². The Morgan fingerprint density at radius 2 is 1.47 bits per heavy atom. The Balaban J connectivity index is 2.03. The minimum atomic E-state index is -3.66. The van der Waals surface area contributed by atoms with Crippen LogP contribution in [0.3, 0.4) is 0 Å². The maximum absolute atomic E-state index is 13.5. The quantitative estimate of drug-likeness (QED) is 0.408. The van der Waals surface area contributed by atoms with Crippen LogP contribution in [0.2, 0.25) is 0 Å². The van der Waals surface area contributed by atoms with Gasteiger partial charge in [-0.3, -0.25) is 13.9 Å². The van der Waals surface area contributed by atoms with Gasteiger partial charge < -0.3 is 15.1 Å². The molecule has 0 saturated heterocycles. The third-order valence-electron chi connectivity index (χ3n) is 5.89. The van der Waals surface area contributed by atoms with Crippen LogP contribution in [0.1, 0.15) is 20.7 Å². The molecule has 4 rings (SSSR count). The second-order valence-electron chi connectivity index (χ2n) is 8.14. The van der Waals surface area contributed by atoms with Crippen LogP contribution in [-0.2, 0) is 10.0 Å². The molecule has 0 aliphatic rings. The monoisotopic (exact) mass is 509 g/mol. The second-order valence-corrected chi connectivity index (χ2v) is 10.2. The number of hydrogen-bond donors (Lipinski definition) is 2. The highest BCUT2D eigenvalue weighted by Gasteiger charge is 2.26. The van der Waals surface area contributed by atoms with Crippen molar-refractivity contribution >= 4 is 38.5 Å². The highest BCUT2D eigenvalue weighted by Crippen LogP contribution is 2.41. The van der Waals surface area contributed by atoms with E-state index in [0.717, 1.165) is 10.6 Å². The number of amides is 2. The molecule has 0 aliphatic heterocycles. The first-order valence-electron chi connectivity index (χ1n) is 10.9. The van der Waals surface area contributed by atoms with E-state index in [1.165, 1.54) is 45.4 Å². The summed E-state index contributed by atoms with van der Waals surface area (Å²) in [6, 6.07) is 15.4. The average Bonchev–Trinajstić information content (AvgIpc) is 3.25. The molecule has 0 bridgehead atoms. The topological polar surface area (TPSA) is 109 Å². The second kappa shape index (κ2) is 9.46. The normalized spacial score (nSPS) is 11.4. The van der Waals surface area contributed by atoms with Crippen LogP contribution in [0.15, 0.2) is 65.1 Å². The van der Waals surface area contributed by atoms with Gasteiger partial charge in [-0.15, -0.1) is 0 Å². The minimum absolute atomic E-state index is 0.226. The van der Waals surface area contributed by atoms with E-state index in [1.807, 2.05) is 0 Å². The molecular weight excluding hydrogens is 485 g/mol. The van der Waals surface area contributed by atoms with Crippen molar-refractivity contribution in [3.05, 3.63) is 77.6 Å². The molecule has 2 amide bonds. The largest absolute Gasteiger partial charge is 0.455 e. The van der Waals surface area contributed by atoms with Gasteiger partial charge in [0.1, 0.15) is 17.2 Å². The number of rotatable bonds is 6. The van der Waals surface area contributed by atoms with Gasteiger partial charge in [0.05, 0.1) is 17.5 Å². The predicted molar refractivity (Wildman–Crippen MR) is 137 cm³/mol. The van der Waals surface area contributed by atoms with Crippen molar-refractivity contribution in [1.29, 1.82) is 0 Å². The van der Waals surface area contributed by atoms with E-state index >= 15 is 0 Å². The molecule has 0 radical (unpaired) electrons. The fourth-order valence-corrected chi connectivity index (χ4v) is 4.41. The molecule has 0 unspecified atom stereocenters. The maximum Gasteiger partial charge on any atom is 0.255 e. The van der Waals surface area contributed by atoms with E-state index in [0.29, 0.717) is 33.3 Å². The molecule has 36 heavy (non-hydrogen) atoms. The SMILES string of the molecule is CNC(=O)c1ccc(-c2cc3c(C(=O)NC)c(-c4ccc(F)cc4)oc3cc2N(C)S(C)(=O)=O)cc1. The van der Waals surface area contributed by atoms with Crippen molar-refractivity contribution in [2.24, 2.45) is 0 Å². The van der Waals surface area contributed by atoms with Crippen LogP contribution >= 0.6 is 0 Å². The van der Waals surface area contributed by atoms with Crippen LogP contribution in [0.5, 0.6) is 0 Å². The van der Waals surface area contributed by atoms with Crippen LogP contribution < -0.4 is 14.9 Å². The molecule has 1 heterocycles. The highest BCUT2D eigenvalue weighted by molar-refractivity contribution is 7.92. The lowest BCUT2D eigenvalue weighted by molar-refractivity contribution is 0.0955. The number of nitrogens with one attached hydrogen (secondary N) is 2. The summed E-state index contributed by atoms with van der Waals surface area (Å²) in [6.45, 7) is 0. The third kappa shape index (κ3) is 4.55. The van der Waals surface area contributed by atoms with Crippen molar-refractivity contribution in [2.45, 2.75) is 0 Å². The predicted octanol–water partition coefficient (Wildman–Crippen LogP) is 4.02. The highest BCUT2D eigenvalue weighted by atomic mass is 32.2. The standard InChI is InChI=1S/C26H24FN3O5S/c1-28-25(31)17-7-5-15(6-8-17)19-13-20-22(14-21(19)30(3)36(4,33)34)35-24(23(20)26(32)29-2)16-9-11-18(27)12-10-16/h5-14H,1-4H3,(H,28,31)(H,29,32). The Hall–Kier alpha value is -4.18. The summed E-state index contributed by atoms with van der Waals surface area (Å²) < 4.78 is 45.6. The van der Waals surface area contributed by atoms with Gasteiger partial charge in [0, 0.05) is 49.3 Å². The van der Waals surface area contributed by atoms with Gasteiger partial charge in [-0.25, -0.2) is 12.8 Å². The summed E-state index contributed by atoms with van der Waals surface area (Å²) >= 11 is 0. The Kier molecular flexibility index (Phi) is 6.55. The molecule has 0 atom stereocenters. The number of furan rings is 1. The number of sulfonamides is 1. The first kappa shape index (κ1) is 24.9. The van der Waals surface area contributed by atoms with E-state index in [-0.39, 0.29) is 22.8 Å². The third-order valence-corrected chi connectivity index (χ3v) is 7.08. The number of carbonyl (C=O) groups excluding carboxylic acids is 2. The number of nitrogens with zero attached hydrogens (tertiary/aromatic N) is 1. The maximum atomic E-state index is 13.5. The van der Waals surface area contributed by atoms with E-state index in [4.69, 9.17) is 4.42 Å². The molecule has 0 spiro atoms. The van der Waals surface area contributed by atoms with Gasteiger partial charge in [0.15, 0.2) is 0 Å². The fraction of sp³-hybridized carbons (Fsp3) is 0.154. The van der Waals surface area contributed by atoms with Crippen molar-refractivity contribution in [1.82, 2.24) is 10.6 Å². The number of fused-ring (bicyclic) bond motifs is 1. The Morgan fingerprint density at radius 3 is 2.03 bits per heavy atom. The zero-order chi connectivity index (χ0) is 26.2. The number of anilines is 1. The zero-order valence-electron chi connectivity index (χ0n) is 20.0. The van der Waals surface area contributed by atoms with Crippen LogP contribution in [0, 0.1) is 5.82 Å². The summed E-state index contributed by atoms with van der Waals surface area (Å²) in [7, 11) is 0.779. The lowest BCUT2D eigenvalue weighted by atomic mass is 9.97. The Morgan fingerprint density at radius 1 is 0.889 bits per heavy atom. The van der Waals surface area contributed by atoms with Crippen LogP contribution in [0.4, 0.5) is 10.1 Å². The van der Waals surface area contributed by atoms with Gasteiger partial charge in [-0.05, 0) is 48.0 Å². The average molecular weight is 510 g/mol. The van der Waals surface area contributed by atoms with Crippen LogP contribution in [-0.4, -0.2) is 47.6 Å². The first-order valence-corrected chi connectivity index (χ1v) is 12.7. The molecule has 0 fully saturated rings. The van der Waals surface area contributed by atoms with Gasteiger partial charge in [-0.1, -0.05) is 12.1 Å². The molecule has 2 N–H and O–H groups in total. The van der Waals surface area contributed by atoms with E-state index in [9.17, 15) is 22.4 Å². The number of hydrogen-bond acceptors (Lipinski definition) is 5. The number of benzene rings is 3. The Labute approximate surface area is 207 Å². The van der Waals surface area contributed by atoms with Crippen molar-refractivity contribution in [2.75, 3.05) is 31.7 Å². The van der Waals surface area contributed by atoms with E-state index in [2.05, 4.69) is 10.6 Å². The number of halogens is 1. The minimum Gasteiger partial charge on any atom is -0.455 e. The van der Waals surface area contributed by atoms with Crippen LogP contribution in [0.25, 0.3) is 33.4 Å². The molecule has 3 aromatic carbocycles. The molecule has 4 aromatic rings. The lowest BCUT2D eigenvalue weighted by Crippen LogP contribution is -2.25. The lowest BCUT2D eigenvalue weighted by Gasteiger charge is -2.21. The Bertz CT molecular complexity index is 1580. The molecule has 186 valence electrons. The molecule has 10 heteroatoms. The molecule has 0 saturated carbocycles. The van der Waals surface area contributed by atoms with Gasteiger partial charge in [0.2, 0.25) is 10.0 Å². The van der Waals surface area contributed by atoms with Gasteiger partial charge >= 0.3 is 0 Å². The fourth-order valence-electron chi connectivity index (χ4n) is 3.90. The molecular formula is C26H24FN3O5S. The number of carbonyl (C=O) groups is 2. The smallest absolute Gasteiger partial charge is 0.255 e. The van der Waals surface area contributed by atoms with Crippen molar-refractivity contribution in [3.8, 4) is 22.5 Å². The summed E-state index contributed by atoms with van der Waals surface area (Å²) in [6.07, 6.45) is 1.08. The zero-order valence-corrected chi connectivity index (χ0v) is 20.9. The first-order chi connectivity index (χ1) is 17.0. The summed E-state index contributed by atoms with van der Waals surface area (Å²) in [5.41, 5.74) is 2.90. The van der Waals surface area contributed by atoms with E-state index < -0.39 is 21.7 Å². The molecule has 0 aliphatic carbocycles. The molecule has 8 nitrogen and oxygen atoms in total. The van der Waals surface area contributed by atoms with Crippen molar-refractivity contribution in [3.63, 3.8) is 0 Å². The van der Waals surface area contributed by atoms with Crippen molar-refractivity contribution < 1.29 is 26.8 Å². The summed E-state index contributed by atoms with van der Waals surface area (Å²) in [4.78, 5) is 24.9. The summed E-state index contributed by atoms with van der Waals surface area (Å²) in [5.74, 6) is -0.885. The summed E-state index contributed by atoms with van der Waals surface area (Å²) in [5, 5.41) is 5.61. The van der Waals surface area contributed by atoms with Gasteiger partial charge in [0.25, 0.3) is 11.8 Å².